The van der Waals surface area contributed by atoms with E-state index in [0.29, 0.717) is 5.82 Å². The molecule has 0 saturated carbocycles. The van der Waals surface area contributed by atoms with Crippen molar-refractivity contribution in [3.63, 3.8) is 0 Å². The van der Waals surface area contributed by atoms with Crippen LogP contribution < -0.4 is 4.90 Å². The molecular weight excluding hydrogens is 288 g/mol. The number of pyridine rings is 1. The van der Waals surface area contributed by atoms with E-state index in [9.17, 15) is 5.11 Å². The smallest absolute Gasteiger partial charge is 0.163 e. The van der Waals surface area contributed by atoms with Crippen LogP contribution in [0.2, 0.25) is 0 Å². The molecule has 0 unspecified atom stereocenters. The zero-order valence-corrected chi connectivity index (χ0v) is 12.5. The van der Waals surface area contributed by atoms with Crippen molar-refractivity contribution >= 4 is 29.1 Å². The molecule has 0 bridgehead atoms. The van der Waals surface area contributed by atoms with Gasteiger partial charge in [0.25, 0.3) is 0 Å². The number of aromatic nitrogens is 3. The summed E-state index contributed by atoms with van der Waals surface area (Å²) in [5, 5.41) is 10.5. The zero-order valence-electron chi connectivity index (χ0n) is 11.7. The molecule has 3 rings (SSSR count). The summed E-state index contributed by atoms with van der Waals surface area (Å²) in [7, 11) is 3.83. The van der Waals surface area contributed by atoms with E-state index >= 15 is 0 Å². The fraction of sp³-hybridized carbons (Fsp3) is 0.133. The molecule has 0 aliphatic carbocycles. The number of aromatic hydroxyl groups is 1. The van der Waals surface area contributed by atoms with Gasteiger partial charge in [-0.25, -0.2) is 9.97 Å². The molecule has 0 aliphatic rings. The predicted octanol–water partition coefficient (Wildman–Crippen LogP) is 2.89. The van der Waals surface area contributed by atoms with Crippen LogP contribution in [0.4, 0.5) is 5.82 Å². The molecule has 0 radical (unpaired) electrons. The summed E-state index contributed by atoms with van der Waals surface area (Å²) in [6, 6.07) is 8.88. The molecule has 6 heteroatoms. The summed E-state index contributed by atoms with van der Waals surface area (Å²) >= 11 is 0. The molecule has 0 atom stereocenters. The summed E-state index contributed by atoms with van der Waals surface area (Å²) in [6.07, 6.45) is 3.45. The molecule has 0 aliphatic heterocycles. The maximum atomic E-state index is 9.64. The largest absolute Gasteiger partial charge is 0.508 e. The monoisotopic (exact) mass is 302 g/mol. The van der Waals surface area contributed by atoms with Crippen molar-refractivity contribution in [1.82, 2.24) is 15.0 Å². The lowest BCUT2D eigenvalue weighted by atomic mass is 10.2. The minimum Gasteiger partial charge on any atom is -0.508 e. The summed E-state index contributed by atoms with van der Waals surface area (Å²) in [4.78, 5) is 15.1. The van der Waals surface area contributed by atoms with Crippen LogP contribution in [-0.2, 0) is 0 Å². The van der Waals surface area contributed by atoms with E-state index in [1.807, 2.05) is 31.1 Å². The van der Waals surface area contributed by atoms with Crippen LogP contribution in [-0.4, -0.2) is 34.2 Å². The second-order valence-corrected chi connectivity index (χ2v) is 4.71. The Morgan fingerprint density at radius 3 is 2.57 bits per heavy atom. The van der Waals surface area contributed by atoms with Crippen LogP contribution in [0, 0.1) is 0 Å². The van der Waals surface area contributed by atoms with Crippen LogP contribution in [0.5, 0.6) is 5.75 Å². The molecule has 2 heterocycles. The molecule has 0 spiro atoms. The first kappa shape index (κ1) is 15.0. The molecule has 0 amide bonds. The molecule has 0 saturated heterocycles. The Bertz CT molecular complexity index is 762. The summed E-state index contributed by atoms with van der Waals surface area (Å²) in [5.41, 5.74) is 1.66. The number of benzene rings is 1. The van der Waals surface area contributed by atoms with Crippen molar-refractivity contribution < 1.29 is 5.11 Å². The number of phenolic OH excluding ortho intramolecular Hbond substituents is 1. The highest BCUT2D eigenvalue weighted by Gasteiger charge is 2.11. The third-order valence-electron chi connectivity index (χ3n) is 3.00. The van der Waals surface area contributed by atoms with Gasteiger partial charge in [-0.3, -0.25) is 4.98 Å². The highest BCUT2D eigenvalue weighted by molar-refractivity contribution is 5.91. The number of fused-ring (bicyclic) bond motifs is 1. The number of anilines is 1. The lowest BCUT2D eigenvalue weighted by Gasteiger charge is -2.15. The molecule has 108 valence electrons. The predicted molar refractivity (Wildman–Crippen MR) is 86.0 cm³/mol. The molecule has 3 aromatic rings. The van der Waals surface area contributed by atoms with Crippen molar-refractivity contribution in [2.75, 3.05) is 19.0 Å². The van der Waals surface area contributed by atoms with E-state index in [4.69, 9.17) is 0 Å². The van der Waals surface area contributed by atoms with E-state index in [-0.39, 0.29) is 18.2 Å². The highest BCUT2D eigenvalue weighted by Crippen LogP contribution is 2.28. The third kappa shape index (κ3) is 2.87. The maximum absolute atomic E-state index is 9.64. The fourth-order valence-corrected chi connectivity index (χ4v) is 2.07. The fourth-order valence-electron chi connectivity index (χ4n) is 2.07. The van der Waals surface area contributed by atoms with E-state index in [0.717, 1.165) is 22.3 Å². The quantitative estimate of drug-likeness (QED) is 0.788. The first-order valence-electron chi connectivity index (χ1n) is 6.23. The van der Waals surface area contributed by atoms with Crippen molar-refractivity contribution in [3.05, 3.63) is 42.7 Å². The van der Waals surface area contributed by atoms with Gasteiger partial charge in [-0.05, 0) is 30.3 Å². The Balaban J connectivity index is 0.00000161. The van der Waals surface area contributed by atoms with Crippen LogP contribution in [0.3, 0.4) is 0 Å². The van der Waals surface area contributed by atoms with Gasteiger partial charge in [0.15, 0.2) is 5.82 Å². The van der Waals surface area contributed by atoms with E-state index < -0.39 is 0 Å². The minimum atomic E-state index is 0. The van der Waals surface area contributed by atoms with Gasteiger partial charge in [-0.1, -0.05) is 0 Å². The third-order valence-corrected chi connectivity index (χ3v) is 3.00. The van der Waals surface area contributed by atoms with Crippen LogP contribution in [0.25, 0.3) is 22.3 Å². The minimum absolute atomic E-state index is 0. The standard InChI is InChI=1S/C15H14N4O.ClH/c1-19(2)15-12-8-11(20)5-6-13(12)17-14(18-15)10-4-3-7-16-9-10;/h3-9,20H,1-2H3;1H. The Kier molecular flexibility index (Phi) is 4.23. The number of halogens is 1. The molecule has 5 nitrogen and oxygen atoms in total. The van der Waals surface area contributed by atoms with Crippen molar-refractivity contribution in [2.24, 2.45) is 0 Å². The molecule has 1 N–H and O–H groups in total. The summed E-state index contributed by atoms with van der Waals surface area (Å²) in [5.74, 6) is 1.60. The van der Waals surface area contributed by atoms with Gasteiger partial charge in [0.1, 0.15) is 11.6 Å². The average molecular weight is 303 g/mol. The molecule has 0 fully saturated rings. The topological polar surface area (TPSA) is 62.1 Å². The van der Waals surface area contributed by atoms with Gasteiger partial charge in [0.2, 0.25) is 0 Å². The number of phenols is 1. The normalized spacial score (nSPS) is 10.2. The van der Waals surface area contributed by atoms with Crippen molar-refractivity contribution in [1.29, 1.82) is 0 Å². The van der Waals surface area contributed by atoms with Gasteiger partial charge in [-0.2, -0.15) is 0 Å². The van der Waals surface area contributed by atoms with Crippen molar-refractivity contribution in [3.8, 4) is 17.1 Å². The lowest BCUT2D eigenvalue weighted by Crippen LogP contribution is -2.12. The highest BCUT2D eigenvalue weighted by atomic mass is 35.5. The number of hydrogen-bond acceptors (Lipinski definition) is 5. The molecule has 2 aromatic heterocycles. The summed E-state index contributed by atoms with van der Waals surface area (Å²) < 4.78 is 0. The summed E-state index contributed by atoms with van der Waals surface area (Å²) in [6.45, 7) is 0. The zero-order chi connectivity index (χ0) is 14.1. The van der Waals surface area contributed by atoms with Crippen LogP contribution in [0.1, 0.15) is 0 Å². The second-order valence-electron chi connectivity index (χ2n) is 4.71. The SMILES string of the molecule is CN(C)c1nc(-c2cccnc2)nc2ccc(O)cc12.Cl. The molecule has 21 heavy (non-hydrogen) atoms. The van der Waals surface area contributed by atoms with Crippen LogP contribution in [0.15, 0.2) is 42.7 Å². The Labute approximate surface area is 128 Å². The number of rotatable bonds is 2. The van der Waals surface area contributed by atoms with E-state index in [1.165, 1.54) is 0 Å². The first-order valence-corrected chi connectivity index (χ1v) is 6.23. The van der Waals surface area contributed by atoms with Gasteiger partial charge in [0, 0.05) is 37.4 Å². The Morgan fingerprint density at radius 1 is 1.10 bits per heavy atom. The number of hydrogen-bond donors (Lipinski definition) is 1. The van der Waals surface area contributed by atoms with Gasteiger partial charge in [-0.15, -0.1) is 12.4 Å². The van der Waals surface area contributed by atoms with Crippen LogP contribution >= 0.6 is 12.4 Å². The van der Waals surface area contributed by atoms with Gasteiger partial charge >= 0.3 is 0 Å². The Morgan fingerprint density at radius 2 is 1.90 bits per heavy atom. The molecular formula is C15H15ClN4O. The number of nitrogens with zero attached hydrogens (tertiary/aromatic N) is 4. The van der Waals surface area contributed by atoms with E-state index in [1.54, 1.807) is 30.6 Å². The van der Waals surface area contributed by atoms with Gasteiger partial charge in [0.05, 0.1) is 5.52 Å². The Hall–Kier alpha value is -2.40. The van der Waals surface area contributed by atoms with E-state index in [2.05, 4.69) is 15.0 Å². The second kappa shape index (κ2) is 5.93. The first-order chi connectivity index (χ1) is 9.65. The molecule has 1 aromatic carbocycles. The van der Waals surface area contributed by atoms with Gasteiger partial charge < -0.3 is 10.0 Å². The maximum Gasteiger partial charge on any atom is 0.163 e. The van der Waals surface area contributed by atoms with Crippen molar-refractivity contribution in [2.45, 2.75) is 0 Å². The average Bonchev–Trinajstić information content (AvgIpc) is 2.47. The lowest BCUT2D eigenvalue weighted by molar-refractivity contribution is 0.476.